The molecular formula is C23H25N3O5S. The molecule has 32 heavy (non-hydrogen) atoms. The number of esters is 1. The van der Waals surface area contributed by atoms with Crippen LogP contribution >= 0.6 is 0 Å². The zero-order valence-corrected chi connectivity index (χ0v) is 18.4. The van der Waals surface area contributed by atoms with Crippen LogP contribution in [0.5, 0.6) is 0 Å². The normalized spacial score (nSPS) is 15.3. The average Bonchev–Trinajstić information content (AvgIpc) is 2.82. The van der Waals surface area contributed by atoms with E-state index in [1.54, 1.807) is 12.1 Å². The van der Waals surface area contributed by atoms with Gasteiger partial charge in [0.2, 0.25) is 10.0 Å². The van der Waals surface area contributed by atoms with Crippen molar-refractivity contribution >= 4 is 21.9 Å². The lowest BCUT2D eigenvalue weighted by Gasteiger charge is -2.31. The Morgan fingerprint density at radius 1 is 1.03 bits per heavy atom. The highest BCUT2D eigenvalue weighted by Gasteiger charge is 2.33. The van der Waals surface area contributed by atoms with E-state index in [4.69, 9.17) is 4.74 Å². The largest absolute Gasteiger partial charge is 0.452 e. The number of sulfonamides is 1. The fourth-order valence-electron chi connectivity index (χ4n) is 3.59. The summed E-state index contributed by atoms with van der Waals surface area (Å²) in [5.41, 5.74) is -0.112. The molecule has 0 aromatic heterocycles. The number of nitriles is 1. The topological polar surface area (TPSA) is 125 Å². The third-order valence-corrected chi connectivity index (χ3v) is 6.72. The van der Waals surface area contributed by atoms with E-state index in [1.807, 2.05) is 18.2 Å². The molecule has 1 aliphatic carbocycles. The van der Waals surface area contributed by atoms with E-state index in [0.29, 0.717) is 12.8 Å². The van der Waals surface area contributed by atoms with Gasteiger partial charge in [0.1, 0.15) is 5.54 Å². The van der Waals surface area contributed by atoms with Crippen molar-refractivity contribution in [2.24, 2.45) is 0 Å². The fraction of sp³-hybridized carbons (Fsp3) is 0.348. The molecule has 2 aromatic rings. The highest BCUT2D eigenvalue weighted by molar-refractivity contribution is 7.89. The van der Waals surface area contributed by atoms with Crippen LogP contribution in [0, 0.1) is 11.3 Å². The van der Waals surface area contributed by atoms with Gasteiger partial charge in [-0.1, -0.05) is 55.7 Å². The number of carbonyl (C=O) groups is 2. The van der Waals surface area contributed by atoms with Crippen molar-refractivity contribution in [3.63, 3.8) is 0 Å². The summed E-state index contributed by atoms with van der Waals surface area (Å²) in [6.45, 7) is -0.440. The summed E-state index contributed by atoms with van der Waals surface area (Å²) in [6.07, 6.45) is 3.87. The number of nitrogens with zero attached hydrogens (tertiary/aromatic N) is 1. The molecule has 0 atom stereocenters. The predicted octanol–water partition coefficient (Wildman–Crippen LogP) is 2.66. The second-order valence-corrected chi connectivity index (χ2v) is 9.48. The Hall–Kier alpha value is -3.22. The van der Waals surface area contributed by atoms with Crippen LogP contribution in [0.2, 0.25) is 0 Å². The summed E-state index contributed by atoms with van der Waals surface area (Å²) >= 11 is 0. The van der Waals surface area contributed by atoms with Crippen LogP contribution in [0.4, 0.5) is 0 Å². The molecule has 3 rings (SSSR count). The maximum Gasteiger partial charge on any atom is 0.338 e. The van der Waals surface area contributed by atoms with Crippen molar-refractivity contribution < 1.29 is 22.7 Å². The Labute approximate surface area is 187 Å². The van der Waals surface area contributed by atoms with Gasteiger partial charge in [0.05, 0.1) is 16.5 Å². The molecule has 0 radical (unpaired) electrons. The lowest BCUT2D eigenvalue weighted by Crippen LogP contribution is -2.50. The number of hydrogen-bond donors (Lipinski definition) is 2. The summed E-state index contributed by atoms with van der Waals surface area (Å²) in [4.78, 5) is 24.5. The molecule has 1 aliphatic rings. The number of ether oxygens (including phenoxy) is 1. The van der Waals surface area contributed by atoms with Gasteiger partial charge in [-0.05, 0) is 36.6 Å². The smallest absolute Gasteiger partial charge is 0.338 e. The molecule has 2 N–H and O–H groups in total. The number of rotatable bonds is 8. The first kappa shape index (κ1) is 23.4. The van der Waals surface area contributed by atoms with E-state index in [2.05, 4.69) is 16.1 Å². The third kappa shape index (κ3) is 6.15. The first-order chi connectivity index (χ1) is 15.3. The number of benzene rings is 2. The average molecular weight is 456 g/mol. The van der Waals surface area contributed by atoms with E-state index in [9.17, 15) is 23.3 Å². The molecular weight excluding hydrogens is 430 g/mol. The number of carbonyl (C=O) groups excluding carboxylic acids is 2. The van der Waals surface area contributed by atoms with Crippen molar-refractivity contribution in [2.75, 3.05) is 6.61 Å². The zero-order valence-electron chi connectivity index (χ0n) is 17.5. The van der Waals surface area contributed by atoms with Gasteiger partial charge < -0.3 is 10.1 Å². The first-order valence-electron chi connectivity index (χ1n) is 10.4. The Balaban J connectivity index is 1.58. The minimum atomic E-state index is -3.85. The van der Waals surface area contributed by atoms with Crippen molar-refractivity contribution in [3.05, 3.63) is 65.7 Å². The molecule has 1 saturated carbocycles. The van der Waals surface area contributed by atoms with E-state index in [-0.39, 0.29) is 17.0 Å². The first-order valence-corrected chi connectivity index (χ1v) is 11.8. The van der Waals surface area contributed by atoms with Gasteiger partial charge in [-0.25, -0.2) is 17.9 Å². The van der Waals surface area contributed by atoms with E-state index in [0.717, 1.165) is 24.8 Å². The van der Waals surface area contributed by atoms with Crippen LogP contribution < -0.4 is 10.0 Å². The molecule has 2 aromatic carbocycles. The van der Waals surface area contributed by atoms with Gasteiger partial charge in [-0.3, -0.25) is 4.79 Å². The van der Waals surface area contributed by atoms with Crippen molar-refractivity contribution in [2.45, 2.75) is 49.1 Å². The lowest BCUT2D eigenvalue weighted by molar-refractivity contribution is -0.125. The highest BCUT2D eigenvalue weighted by Crippen LogP contribution is 2.27. The highest BCUT2D eigenvalue weighted by atomic mass is 32.2. The lowest BCUT2D eigenvalue weighted by atomic mass is 9.83. The van der Waals surface area contributed by atoms with Crippen LogP contribution in [0.1, 0.15) is 48.0 Å². The second kappa shape index (κ2) is 10.4. The molecule has 1 fully saturated rings. The zero-order chi connectivity index (χ0) is 23.0. The molecule has 1 amide bonds. The summed E-state index contributed by atoms with van der Waals surface area (Å²) in [5, 5.41) is 12.1. The summed E-state index contributed by atoms with van der Waals surface area (Å²) in [5.74, 6) is -1.38. The Bertz CT molecular complexity index is 1100. The molecule has 0 unspecified atom stereocenters. The Morgan fingerprint density at radius 3 is 2.44 bits per heavy atom. The summed E-state index contributed by atoms with van der Waals surface area (Å²) in [6, 6.07) is 16.6. The summed E-state index contributed by atoms with van der Waals surface area (Å²) < 4.78 is 32.7. The monoisotopic (exact) mass is 455 g/mol. The molecule has 8 nitrogen and oxygen atoms in total. The van der Waals surface area contributed by atoms with Gasteiger partial charge in [0, 0.05) is 6.54 Å². The number of hydrogen-bond acceptors (Lipinski definition) is 6. The third-order valence-electron chi connectivity index (χ3n) is 5.32. The second-order valence-electron chi connectivity index (χ2n) is 7.72. The standard InChI is InChI=1S/C23H25N3O5S/c24-17-23(12-5-2-6-13-23)26-21(27)16-31-22(28)19-10-7-11-20(14-19)32(29,30)25-15-18-8-3-1-4-9-18/h1,3-4,7-11,14,25H,2,5-6,12-13,15-16H2,(H,26,27). The maximum atomic E-state index is 12.6. The van der Waals surface area contributed by atoms with Crippen LogP contribution in [0.15, 0.2) is 59.5 Å². The van der Waals surface area contributed by atoms with Crippen LogP contribution in [0.25, 0.3) is 0 Å². The molecule has 0 heterocycles. The van der Waals surface area contributed by atoms with E-state index in [1.165, 1.54) is 24.3 Å². The number of nitrogens with one attached hydrogen (secondary N) is 2. The van der Waals surface area contributed by atoms with Gasteiger partial charge in [0.25, 0.3) is 5.91 Å². The van der Waals surface area contributed by atoms with Crippen LogP contribution in [-0.2, 0) is 26.1 Å². The minimum Gasteiger partial charge on any atom is -0.452 e. The summed E-state index contributed by atoms with van der Waals surface area (Å²) in [7, 11) is -3.85. The Kier molecular flexibility index (Phi) is 7.62. The van der Waals surface area contributed by atoms with Crippen molar-refractivity contribution in [1.82, 2.24) is 10.0 Å². The Morgan fingerprint density at radius 2 is 1.75 bits per heavy atom. The van der Waals surface area contributed by atoms with Crippen molar-refractivity contribution in [3.8, 4) is 6.07 Å². The molecule has 0 aliphatic heterocycles. The van der Waals surface area contributed by atoms with Crippen LogP contribution in [-0.4, -0.2) is 32.4 Å². The number of amides is 1. The molecule has 0 saturated heterocycles. The molecule has 0 bridgehead atoms. The SMILES string of the molecule is N#CC1(NC(=O)COC(=O)c2cccc(S(=O)(=O)NCc3ccccc3)c2)CCCCC1. The quantitative estimate of drug-likeness (QED) is 0.590. The van der Waals surface area contributed by atoms with Gasteiger partial charge >= 0.3 is 5.97 Å². The van der Waals surface area contributed by atoms with E-state index < -0.39 is 34.0 Å². The van der Waals surface area contributed by atoms with Gasteiger partial charge in [-0.2, -0.15) is 5.26 Å². The minimum absolute atomic E-state index is 0.00745. The molecule has 9 heteroatoms. The fourth-order valence-corrected chi connectivity index (χ4v) is 4.65. The molecule has 0 spiro atoms. The predicted molar refractivity (Wildman–Crippen MR) is 117 cm³/mol. The van der Waals surface area contributed by atoms with Crippen molar-refractivity contribution in [1.29, 1.82) is 5.26 Å². The van der Waals surface area contributed by atoms with Gasteiger partial charge in [-0.15, -0.1) is 0 Å². The van der Waals surface area contributed by atoms with E-state index >= 15 is 0 Å². The maximum absolute atomic E-state index is 12.6. The van der Waals surface area contributed by atoms with Gasteiger partial charge in [0.15, 0.2) is 6.61 Å². The molecule has 168 valence electrons. The van der Waals surface area contributed by atoms with Crippen LogP contribution in [0.3, 0.4) is 0 Å².